The number of aromatic nitrogens is 2. The van der Waals surface area contributed by atoms with Crippen LogP contribution >= 0.6 is 7.82 Å². The van der Waals surface area contributed by atoms with Gasteiger partial charge in [-0.1, -0.05) is 6.07 Å². The average Bonchev–Trinajstić information content (AvgIpc) is 3.27. The Labute approximate surface area is 398 Å². The summed E-state index contributed by atoms with van der Waals surface area (Å²) in [7, 11) is -5.34. The molecular weight excluding hydrogens is 981 g/mol. The van der Waals surface area contributed by atoms with Gasteiger partial charge < -0.3 is 77.0 Å². The minimum Gasteiger partial charge on any atom is -0.508 e. The standard InChI is InChI=1S/C39H52N7O24P/c1-16(70-71(67,68)69-15-26(49)31(55)25(48)14-46-24-13-18(47)3-2-17(24)12-19-32(46)44-39(66)45-34(19)57)33(56)43-23(38(64)65)6-10-29(52)41-21(36(60)61)4-8-27(50)40-20(35(58)59)5-9-28(51)42-22(37(62)63)7-11-30(53)54/h2-3,13,16,20-23,25-26,31,47-49,55H,4-12,14-15H2,1H3,(H,40,50)(H,41,52)(H,42,51)(H,43,56)(H,53,54)(H,58,59)(H,60,61)(H,62,63)(H,64,65)(H,67,68)(H2,44,45,57,66)/t16-,20-,21-,22-,23-,25-,26+,31-/m0/s1. The number of aliphatic hydroxyl groups excluding tert-OH is 3. The summed E-state index contributed by atoms with van der Waals surface area (Å²) in [5, 5.41) is 96.8. The van der Waals surface area contributed by atoms with Gasteiger partial charge in [-0.3, -0.25) is 47.8 Å². The topological polar surface area (TPSA) is 509 Å². The number of phenolic OH excluding ortho intramolecular Hbond substituents is 1. The van der Waals surface area contributed by atoms with E-state index in [1.807, 2.05) is 21.3 Å². The molecule has 9 atom stereocenters. The average molecular weight is 1030 g/mol. The highest BCUT2D eigenvalue weighted by Crippen LogP contribution is 2.45. The lowest BCUT2D eigenvalue weighted by Crippen LogP contribution is -2.47. The van der Waals surface area contributed by atoms with Gasteiger partial charge in [-0.2, -0.15) is 0 Å². The largest absolute Gasteiger partial charge is 0.508 e. The predicted molar refractivity (Wildman–Crippen MR) is 233 cm³/mol. The number of aromatic amines is 2. The maximum Gasteiger partial charge on any atom is 0.473 e. The van der Waals surface area contributed by atoms with Crippen LogP contribution in [0.3, 0.4) is 0 Å². The zero-order valence-electron chi connectivity index (χ0n) is 37.2. The van der Waals surface area contributed by atoms with E-state index >= 15 is 0 Å². The van der Waals surface area contributed by atoms with Gasteiger partial charge in [0.05, 0.1) is 18.7 Å². The molecule has 1 aromatic carbocycles. The second-order valence-electron chi connectivity index (χ2n) is 15.8. The summed E-state index contributed by atoms with van der Waals surface area (Å²) in [5.74, 6) is -12.7. The SMILES string of the molecule is C[C@H](OP(=O)(O)OC[C@@H](O)[C@@H](O)[C@@H](O)CN1c2cc(O)ccc2Cc2c1[nH]c(=O)[nH]c2=O)C(=O)N[C@@H](CCC(=O)N[C@@H](CCC(=O)N[C@@H](CCC(=O)N[C@@H](CCC(=O)O)C(=O)O)C(=O)O)C(=O)O)C(=O)O. The normalized spacial score (nSPS) is 16.1. The molecule has 0 radical (unpaired) electrons. The molecule has 2 heterocycles. The number of aromatic hydroxyl groups is 1. The number of anilines is 2. The van der Waals surface area contributed by atoms with Crippen LogP contribution in [0.15, 0.2) is 27.8 Å². The van der Waals surface area contributed by atoms with Crippen molar-refractivity contribution >= 4 is 72.8 Å². The van der Waals surface area contributed by atoms with Crippen LogP contribution in [0.1, 0.15) is 69.4 Å². The summed E-state index contributed by atoms with van der Waals surface area (Å²) >= 11 is 0. The number of carboxylic acids is 5. The summed E-state index contributed by atoms with van der Waals surface area (Å²) in [6.45, 7) is -0.986. The fourth-order valence-electron chi connectivity index (χ4n) is 6.66. The first kappa shape index (κ1) is 58.0. The van der Waals surface area contributed by atoms with Crippen LogP contribution in [0.2, 0.25) is 0 Å². The molecule has 71 heavy (non-hydrogen) atoms. The number of carboxylic acid groups (broad SMARTS) is 5. The van der Waals surface area contributed by atoms with Crippen molar-refractivity contribution in [1.82, 2.24) is 31.2 Å². The third-order valence-corrected chi connectivity index (χ3v) is 11.4. The van der Waals surface area contributed by atoms with Gasteiger partial charge in [0.1, 0.15) is 60.2 Å². The monoisotopic (exact) mass is 1030 g/mol. The molecule has 0 spiro atoms. The number of H-pyrrole nitrogens is 2. The molecule has 2 aromatic rings. The van der Waals surface area contributed by atoms with E-state index in [0.29, 0.717) is 5.56 Å². The van der Waals surface area contributed by atoms with Gasteiger partial charge in [0.25, 0.3) is 5.56 Å². The molecule has 0 saturated heterocycles. The highest BCUT2D eigenvalue weighted by atomic mass is 31.2. The number of β-amino-alcohol motifs (C(OH)–C–C–N with tert-alkyl or cyclic N) is 1. The summed E-state index contributed by atoms with van der Waals surface area (Å²) in [4.78, 5) is 148. The number of phenols is 1. The third kappa shape index (κ3) is 18.2. The molecule has 1 aliphatic heterocycles. The Kier molecular flexibility index (Phi) is 21.3. The molecule has 0 fully saturated rings. The molecule has 4 amide bonds. The second-order valence-corrected chi connectivity index (χ2v) is 17.2. The van der Waals surface area contributed by atoms with Crippen molar-refractivity contribution in [3.63, 3.8) is 0 Å². The molecule has 1 unspecified atom stereocenters. The van der Waals surface area contributed by atoms with Crippen molar-refractivity contribution in [3.8, 4) is 5.75 Å². The van der Waals surface area contributed by atoms with E-state index < -0.39 is 186 Å². The van der Waals surface area contributed by atoms with E-state index in [0.717, 1.165) is 6.92 Å². The lowest BCUT2D eigenvalue weighted by atomic mass is 9.97. The number of amides is 4. The number of fused-ring (bicyclic) bond motifs is 2. The first-order chi connectivity index (χ1) is 33.1. The third-order valence-electron chi connectivity index (χ3n) is 10.4. The van der Waals surface area contributed by atoms with Crippen molar-refractivity contribution in [1.29, 1.82) is 0 Å². The minimum absolute atomic E-state index is 0.00128. The smallest absolute Gasteiger partial charge is 0.473 e. The van der Waals surface area contributed by atoms with Gasteiger partial charge >= 0.3 is 43.4 Å². The van der Waals surface area contributed by atoms with Crippen LogP contribution in [0.4, 0.5) is 11.5 Å². The number of nitrogens with one attached hydrogen (secondary N) is 6. The molecule has 32 heteroatoms. The number of phosphoric acid groups is 1. The van der Waals surface area contributed by atoms with Gasteiger partial charge in [0.15, 0.2) is 0 Å². The van der Waals surface area contributed by atoms with Crippen molar-refractivity contribution in [3.05, 3.63) is 50.2 Å². The van der Waals surface area contributed by atoms with E-state index in [1.54, 1.807) is 0 Å². The van der Waals surface area contributed by atoms with Gasteiger partial charge in [-0.05, 0) is 44.2 Å². The molecule has 0 aliphatic carbocycles. The Morgan fingerprint density at radius 1 is 0.704 bits per heavy atom. The van der Waals surface area contributed by atoms with Crippen molar-refractivity contribution in [2.45, 2.75) is 113 Å². The van der Waals surface area contributed by atoms with Crippen LogP contribution in [0.25, 0.3) is 0 Å². The quantitative estimate of drug-likeness (QED) is 0.0331. The van der Waals surface area contributed by atoms with Crippen molar-refractivity contribution in [2.24, 2.45) is 0 Å². The van der Waals surface area contributed by atoms with E-state index in [9.17, 15) is 103 Å². The molecule has 16 N–H and O–H groups in total. The molecule has 3 rings (SSSR count). The Bertz CT molecular complexity index is 2500. The Balaban J connectivity index is 1.49. The first-order valence-corrected chi connectivity index (χ1v) is 22.5. The Hall–Kier alpha value is -7.28. The van der Waals surface area contributed by atoms with Crippen LogP contribution in [0.5, 0.6) is 5.75 Å². The van der Waals surface area contributed by atoms with Crippen LogP contribution in [0, 0.1) is 0 Å². The second kappa shape index (κ2) is 26.1. The molecule has 1 aromatic heterocycles. The number of aliphatic carboxylic acids is 5. The zero-order valence-corrected chi connectivity index (χ0v) is 38.1. The lowest BCUT2D eigenvalue weighted by Gasteiger charge is -2.35. The predicted octanol–water partition coefficient (Wildman–Crippen LogP) is -4.10. The summed E-state index contributed by atoms with van der Waals surface area (Å²) in [6, 6.07) is -2.99. The number of hydrogen-bond acceptors (Lipinski definition) is 19. The molecule has 392 valence electrons. The number of rotatable bonds is 30. The molecule has 0 saturated carbocycles. The molecule has 1 aliphatic rings. The Morgan fingerprint density at radius 2 is 1.17 bits per heavy atom. The molecule has 31 nitrogen and oxygen atoms in total. The molecular formula is C39H52N7O24P. The number of hydrogen-bond donors (Lipinski definition) is 16. The maximum absolute atomic E-state index is 12.8. The summed E-state index contributed by atoms with van der Waals surface area (Å²) < 4.78 is 22.1. The highest BCUT2D eigenvalue weighted by molar-refractivity contribution is 7.47. The zero-order chi connectivity index (χ0) is 53.5. The fraction of sp³-hybridized carbons (Fsp3) is 0.513. The number of carbonyl (C=O) groups excluding carboxylic acids is 4. The number of nitrogens with zero attached hydrogens (tertiary/aromatic N) is 1. The van der Waals surface area contributed by atoms with E-state index in [2.05, 4.69) is 14.5 Å². The summed E-state index contributed by atoms with van der Waals surface area (Å²) in [5.41, 5.74) is -0.958. The number of phosphoric ester groups is 1. The number of carbonyl (C=O) groups is 9. The first-order valence-electron chi connectivity index (χ1n) is 21.0. The van der Waals surface area contributed by atoms with E-state index in [-0.39, 0.29) is 29.2 Å². The van der Waals surface area contributed by atoms with Crippen LogP contribution < -0.4 is 37.4 Å². The summed E-state index contributed by atoms with van der Waals surface area (Å²) in [6.07, 6.45) is -13.3. The molecule has 0 bridgehead atoms. The van der Waals surface area contributed by atoms with Crippen LogP contribution in [-0.4, -0.2) is 176 Å². The van der Waals surface area contributed by atoms with Gasteiger partial charge in [-0.25, -0.2) is 28.5 Å². The lowest BCUT2D eigenvalue weighted by molar-refractivity contribution is -0.144. The highest BCUT2D eigenvalue weighted by Gasteiger charge is 2.36. The van der Waals surface area contributed by atoms with Crippen molar-refractivity contribution in [2.75, 3.05) is 18.1 Å². The van der Waals surface area contributed by atoms with Crippen molar-refractivity contribution < 1.29 is 108 Å². The fourth-order valence-corrected chi connectivity index (χ4v) is 7.56. The number of aliphatic hydroxyl groups is 3. The Morgan fingerprint density at radius 3 is 1.63 bits per heavy atom. The van der Waals surface area contributed by atoms with Gasteiger partial charge in [0.2, 0.25) is 23.6 Å². The van der Waals surface area contributed by atoms with Gasteiger partial charge in [-0.15, -0.1) is 0 Å². The van der Waals surface area contributed by atoms with E-state index in [4.69, 9.17) is 9.63 Å². The number of benzene rings is 1. The maximum atomic E-state index is 12.8. The minimum atomic E-state index is -5.34. The van der Waals surface area contributed by atoms with E-state index in [1.165, 1.54) is 23.1 Å². The van der Waals surface area contributed by atoms with Gasteiger partial charge in [0, 0.05) is 43.9 Å². The van der Waals surface area contributed by atoms with Crippen LogP contribution in [-0.2, 0) is 63.2 Å².